The number of esters is 1. The molecule has 1 aliphatic rings. The molecule has 2 N–H and O–H groups in total. The minimum atomic E-state index is -0.702. The number of amides is 3. The fourth-order valence-electron chi connectivity index (χ4n) is 2.23. The minimum Gasteiger partial charge on any atom is -0.469 e. The molecule has 0 aromatic rings. The van der Waals surface area contributed by atoms with Gasteiger partial charge in [0.25, 0.3) is 5.91 Å². The van der Waals surface area contributed by atoms with E-state index < -0.39 is 18.0 Å². The predicted octanol–water partition coefficient (Wildman–Crippen LogP) is 0.579. The van der Waals surface area contributed by atoms with E-state index in [1.807, 2.05) is 0 Å². The molecule has 0 aliphatic heterocycles. The average molecular weight is 286 g/mol. The predicted molar refractivity (Wildman–Crippen MR) is 70.9 cm³/mol. The van der Waals surface area contributed by atoms with Crippen LogP contribution in [-0.2, 0) is 19.1 Å². The Hall–Kier alpha value is -1.63. The quantitative estimate of drug-likeness (QED) is 0.737. The maximum atomic E-state index is 11.6. The van der Waals surface area contributed by atoms with Crippen LogP contribution in [-0.4, -0.2) is 44.3 Å². The Morgan fingerprint density at radius 1 is 1.15 bits per heavy atom. The molecule has 0 saturated heterocycles. The first-order valence-electron chi connectivity index (χ1n) is 6.73. The van der Waals surface area contributed by atoms with Crippen LogP contribution in [0.5, 0.6) is 0 Å². The van der Waals surface area contributed by atoms with E-state index in [2.05, 4.69) is 10.6 Å². The van der Waals surface area contributed by atoms with Gasteiger partial charge in [-0.15, -0.1) is 0 Å². The van der Waals surface area contributed by atoms with Gasteiger partial charge in [0.15, 0.2) is 0 Å². The van der Waals surface area contributed by atoms with Crippen molar-refractivity contribution in [3.8, 4) is 0 Å². The molecule has 0 heterocycles. The summed E-state index contributed by atoms with van der Waals surface area (Å²) >= 11 is 0. The van der Waals surface area contributed by atoms with E-state index in [-0.39, 0.29) is 18.0 Å². The summed E-state index contributed by atoms with van der Waals surface area (Å²) in [7, 11) is 2.82. The number of hydrogen-bond donors (Lipinski definition) is 2. The molecule has 0 aromatic heterocycles. The number of hydrogen-bond acceptors (Lipinski definition) is 5. The first kappa shape index (κ1) is 16.4. The molecule has 0 radical (unpaired) electrons. The van der Waals surface area contributed by atoms with Gasteiger partial charge in [-0.05, 0) is 32.6 Å². The van der Waals surface area contributed by atoms with Crippen LogP contribution in [0.3, 0.4) is 0 Å². The van der Waals surface area contributed by atoms with Gasteiger partial charge in [-0.3, -0.25) is 14.9 Å². The third-order valence-electron chi connectivity index (χ3n) is 3.44. The number of carbonyl (C=O) groups is 3. The Kier molecular flexibility index (Phi) is 6.44. The second-order valence-corrected chi connectivity index (χ2v) is 4.84. The molecule has 7 heteroatoms. The van der Waals surface area contributed by atoms with Gasteiger partial charge in [0.2, 0.25) is 0 Å². The molecule has 1 fully saturated rings. The van der Waals surface area contributed by atoms with Crippen molar-refractivity contribution in [3.05, 3.63) is 0 Å². The maximum absolute atomic E-state index is 11.6. The largest absolute Gasteiger partial charge is 0.469 e. The Labute approximate surface area is 118 Å². The molecule has 1 aliphatic carbocycles. The van der Waals surface area contributed by atoms with Crippen LogP contribution in [0.15, 0.2) is 0 Å². The van der Waals surface area contributed by atoms with Crippen LogP contribution in [0.2, 0.25) is 0 Å². The van der Waals surface area contributed by atoms with Crippen molar-refractivity contribution >= 4 is 17.9 Å². The van der Waals surface area contributed by atoms with E-state index in [0.29, 0.717) is 25.7 Å². The van der Waals surface area contributed by atoms with Crippen LogP contribution >= 0.6 is 0 Å². The zero-order chi connectivity index (χ0) is 15.1. The number of urea groups is 1. The average Bonchev–Trinajstić information content (AvgIpc) is 2.46. The standard InChI is InChI=1S/C13H22N2O5/c1-8(11(16)15-13(18)14-2)20-10-6-4-9(5-7-10)12(17)19-3/h8-10H,4-7H2,1-3H3,(H2,14,15,16,18). The van der Waals surface area contributed by atoms with Gasteiger partial charge in [-0.25, -0.2) is 4.79 Å². The van der Waals surface area contributed by atoms with Crippen molar-refractivity contribution in [2.24, 2.45) is 5.92 Å². The van der Waals surface area contributed by atoms with Crippen molar-refractivity contribution in [2.75, 3.05) is 14.2 Å². The number of imide groups is 1. The molecule has 7 nitrogen and oxygen atoms in total. The molecule has 20 heavy (non-hydrogen) atoms. The highest BCUT2D eigenvalue weighted by Gasteiger charge is 2.29. The van der Waals surface area contributed by atoms with Gasteiger partial charge < -0.3 is 14.8 Å². The lowest BCUT2D eigenvalue weighted by Crippen LogP contribution is -2.44. The van der Waals surface area contributed by atoms with E-state index in [4.69, 9.17) is 9.47 Å². The first-order chi connectivity index (χ1) is 9.47. The smallest absolute Gasteiger partial charge is 0.321 e. The van der Waals surface area contributed by atoms with Gasteiger partial charge in [0.05, 0.1) is 19.1 Å². The third kappa shape index (κ3) is 4.80. The number of nitrogens with one attached hydrogen (secondary N) is 2. The zero-order valence-corrected chi connectivity index (χ0v) is 12.1. The normalized spacial score (nSPS) is 23.6. The molecule has 1 saturated carbocycles. The third-order valence-corrected chi connectivity index (χ3v) is 3.44. The fraction of sp³-hybridized carbons (Fsp3) is 0.769. The van der Waals surface area contributed by atoms with Gasteiger partial charge in [0, 0.05) is 7.05 Å². The summed E-state index contributed by atoms with van der Waals surface area (Å²) in [5.74, 6) is -0.733. The Balaban J connectivity index is 2.34. The highest BCUT2D eigenvalue weighted by Crippen LogP contribution is 2.27. The Morgan fingerprint density at radius 2 is 1.75 bits per heavy atom. The van der Waals surface area contributed by atoms with Crippen molar-refractivity contribution < 1.29 is 23.9 Å². The van der Waals surface area contributed by atoms with Crippen molar-refractivity contribution in [2.45, 2.75) is 44.8 Å². The molecular weight excluding hydrogens is 264 g/mol. The molecular formula is C13H22N2O5. The molecule has 1 unspecified atom stereocenters. The van der Waals surface area contributed by atoms with E-state index in [9.17, 15) is 14.4 Å². The second-order valence-electron chi connectivity index (χ2n) is 4.84. The highest BCUT2D eigenvalue weighted by atomic mass is 16.5. The van der Waals surface area contributed by atoms with E-state index in [0.717, 1.165) is 0 Å². The summed E-state index contributed by atoms with van der Waals surface area (Å²) in [6.45, 7) is 1.60. The maximum Gasteiger partial charge on any atom is 0.321 e. The SMILES string of the molecule is CNC(=O)NC(=O)C(C)OC1CCC(C(=O)OC)CC1. The molecule has 0 bridgehead atoms. The lowest BCUT2D eigenvalue weighted by molar-refractivity contribution is -0.149. The van der Waals surface area contributed by atoms with Gasteiger partial charge in [-0.2, -0.15) is 0 Å². The molecule has 3 amide bonds. The van der Waals surface area contributed by atoms with E-state index >= 15 is 0 Å². The van der Waals surface area contributed by atoms with Crippen LogP contribution < -0.4 is 10.6 Å². The second kappa shape index (κ2) is 7.84. The van der Waals surface area contributed by atoms with Gasteiger partial charge in [0.1, 0.15) is 6.10 Å². The number of ether oxygens (including phenoxy) is 2. The summed E-state index contributed by atoms with van der Waals surface area (Å²) < 4.78 is 10.3. The molecule has 1 atom stereocenters. The molecule has 0 spiro atoms. The zero-order valence-electron chi connectivity index (χ0n) is 12.1. The van der Waals surface area contributed by atoms with Crippen LogP contribution in [0, 0.1) is 5.92 Å². The summed E-state index contributed by atoms with van der Waals surface area (Å²) in [5.41, 5.74) is 0. The van der Waals surface area contributed by atoms with Crippen molar-refractivity contribution in [3.63, 3.8) is 0 Å². The molecule has 114 valence electrons. The monoisotopic (exact) mass is 286 g/mol. The van der Waals surface area contributed by atoms with Gasteiger partial charge >= 0.3 is 12.0 Å². The van der Waals surface area contributed by atoms with Crippen LogP contribution in [0.4, 0.5) is 4.79 Å². The summed E-state index contributed by atoms with van der Waals surface area (Å²) in [4.78, 5) is 34.0. The summed E-state index contributed by atoms with van der Waals surface area (Å²) in [5, 5.41) is 4.47. The van der Waals surface area contributed by atoms with Gasteiger partial charge in [-0.1, -0.05) is 0 Å². The lowest BCUT2D eigenvalue weighted by atomic mass is 9.87. The van der Waals surface area contributed by atoms with Crippen LogP contribution in [0.25, 0.3) is 0 Å². The lowest BCUT2D eigenvalue weighted by Gasteiger charge is -2.28. The summed E-state index contributed by atoms with van der Waals surface area (Å²) in [6, 6.07) is -0.556. The minimum absolute atomic E-state index is 0.0682. The van der Waals surface area contributed by atoms with E-state index in [1.165, 1.54) is 14.2 Å². The van der Waals surface area contributed by atoms with Crippen LogP contribution in [0.1, 0.15) is 32.6 Å². The number of carbonyl (C=O) groups excluding carboxylic acids is 3. The highest BCUT2D eigenvalue weighted by molar-refractivity contribution is 5.96. The first-order valence-corrected chi connectivity index (χ1v) is 6.73. The number of methoxy groups -OCH3 is 1. The Bertz CT molecular complexity index is 364. The van der Waals surface area contributed by atoms with Crippen molar-refractivity contribution in [1.29, 1.82) is 0 Å². The summed E-state index contributed by atoms with van der Waals surface area (Å²) in [6.07, 6.45) is 2.03. The van der Waals surface area contributed by atoms with E-state index in [1.54, 1.807) is 6.92 Å². The molecule has 1 rings (SSSR count). The molecule has 0 aromatic carbocycles. The fourth-order valence-corrected chi connectivity index (χ4v) is 2.23. The topological polar surface area (TPSA) is 93.7 Å². The Morgan fingerprint density at radius 3 is 2.25 bits per heavy atom. The van der Waals surface area contributed by atoms with Crippen molar-refractivity contribution in [1.82, 2.24) is 10.6 Å². The number of rotatable bonds is 4.